The predicted octanol–water partition coefficient (Wildman–Crippen LogP) is 4.61. The Kier molecular flexibility index (Phi) is 8.21. The Morgan fingerprint density at radius 3 is 2.40 bits per heavy atom. The summed E-state index contributed by atoms with van der Waals surface area (Å²) in [5.41, 5.74) is 3.23. The highest BCUT2D eigenvalue weighted by molar-refractivity contribution is 5.82. The molecule has 2 aromatic carbocycles. The average Bonchev–Trinajstić information content (AvgIpc) is 2.82. The van der Waals surface area contributed by atoms with Gasteiger partial charge in [0.15, 0.2) is 0 Å². The topological polar surface area (TPSA) is 112 Å². The molecule has 1 heterocycles. The molecule has 2 N–H and O–H groups in total. The molecule has 0 aliphatic rings. The number of carboxylic acid groups (broad SMARTS) is 1. The Balaban J connectivity index is 2.02. The van der Waals surface area contributed by atoms with Gasteiger partial charge in [0.05, 0.1) is 24.1 Å². The van der Waals surface area contributed by atoms with Crippen LogP contribution < -0.4 is 10.9 Å². The molecule has 1 aromatic heterocycles. The van der Waals surface area contributed by atoms with E-state index in [1.807, 2.05) is 45.0 Å². The van der Waals surface area contributed by atoms with Gasteiger partial charge >= 0.3 is 5.97 Å². The standard InChI is InChI=1S/C28H29N3O4/c1-18(2)14-25(31-13-7-6-10-26(31)32)28(35)30-24(16-27(33)34)20-11-12-21(17-29)23(15-20)22-9-5-4-8-19(22)3/h4-13,15,18,24-25H,14,16H2,1-3H3,(H,30,35)(H,33,34)/t24-,25?/m0/s1. The van der Waals surface area contributed by atoms with Crippen LogP contribution in [0.3, 0.4) is 0 Å². The number of aryl methyl sites for hydroxylation is 1. The molecular weight excluding hydrogens is 442 g/mol. The van der Waals surface area contributed by atoms with Crippen LogP contribution in [0.4, 0.5) is 0 Å². The molecule has 0 fully saturated rings. The lowest BCUT2D eigenvalue weighted by molar-refractivity contribution is -0.138. The maximum Gasteiger partial charge on any atom is 0.305 e. The van der Waals surface area contributed by atoms with Gasteiger partial charge in [-0.3, -0.25) is 14.4 Å². The number of carbonyl (C=O) groups excluding carboxylic acids is 1. The fraction of sp³-hybridized carbons (Fsp3) is 0.286. The third-order valence-electron chi connectivity index (χ3n) is 5.88. The van der Waals surface area contributed by atoms with Gasteiger partial charge in [0.1, 0.15) is 6.04 Å². The van der Waals surface area contributed by atoms with Gasteiger partial charge in [0, 0.05) is 17.8 Å². The lowest BCUT2D eigenvalue weighted by Gasteiger charge is -2.25. The zero-order chi connectivity index (χ0) is 25.5. The molecule has 0 radical (unpaired) electrons. The SMILES string of the molecule is Cc1ccccc1-c1cc([C@H](CC(=O)O)NC(=O)C(CC(C)C)n2ccccc2=O)ccc1C#N. The van der Waals surface area contributed by atoms with Crippen LogP contribution >= 0.6 is 0 Å². The summed E-state index contributed by atoms with van der Waals surface area (Å²) in [5, 5.41) is 22.1. The van der Waals surface area contributed by atoms with Crippen LogP contribution in [-0.4, -0.2) is 21.6 Å². The van der Waals surface area contributed by atoms with E-state index in [0.29, 0.717) is 23.1 Å². The molecule has 7 nitrogen and oxygen atoms in total. The molecule has 0 aliphatic heterocycles. The second kappa shape index (κ2) is 11.3. The Hall–Kier alpha value is -4.18. The van der Waals surface area contributed by atoms with Gasteiger partial charge in [0.25, 0.3) is 5.56 Å². The van der Waals surface area contributed by atoms with Gasteiger partial charge in [-0.05, 0) is 54.2 Å². The zero-order valence-corrected chi connectivity index (χ0v) is 20.1. The number of nitrogens with zero attached hydrogens (tertiary/aromatic N) is 2. The van der Waals surface area contributed by atoms with Crippen molar-refractivity contribution in [3.8, 4) is 17.2 Å². The van der Waals surface area contributed by atoms with Crippen molar-refractivity contribution in [1.29, 1.82) is 5.26 Å². The van der Waals surface area contributed by atoms with Gasteiger partial charge < -0.3 is 15.0 Å². The number of amides is 1. The molecule has 0 bridgehead atoms. The van der Waals surface area contributed by atoms with Crippen LogP contribution in [0.15, 0.2) is 71.7 Å². The van der Waals surface area contributed by atoms with Gasteiger partial charge in [-0.2, -0.15) is 5.26 Å². The fourth-order valence-electron chi connectivity index (χ4n) is 4.16. The van der Waals surface area contributed by atoms with Gasteiger partial charge in [-0.15, -0.1) is 0 Å². The Morgan fingerprint density at radius 1 is 1.06 bits per heavy atom. The molecule has 1 unspecified atom stereocenters. The number of hydrogen-bond donors (Lipinski definition) is 2. The minimum atomic E-state index is -1.07. The number of carboxylic acids is 1. The predicted molar refractivity (Wildman–Crippen MR) is 134 cm³/mol. The smallest absolute Gasteiger partial charge is 0.305 e. The zero-order valence-electron chi connectivity index (χ0n) is 20.1. The number of carbonyl (C=O) groups is 2. The minimum Gasteiger partial charge on any atom is -0.481 e. The highest BCUT2D eigenvalue weighted by Crippen LogP contribution is 2.31. The maximum atomic E-state index is 13.4. The Morgan fingerprint density at radius 2 is 1.77 bits per heavy atom. The maximum absolute atomic E-state index is 13.4. The number of aliphatic carboxylic acids is 1. The quantitative estimate of drug-likeness (QED) is 0.473. The number of benzene rings is 2. The van der Waals surface area contributed by atoms with Crippen LogP contribution in [0.1, 0.15) is 55.5 Å². The first kappa shape index (κ1) is 25.4. The van der Waals surface area contributed by atoms with E-state index in [2.05, 4.69) is 11.4 Å². The van der Waals surface area contributed by atoms with Crippen LogP contribution in [0.25, 0.3) is 11.1 Å². The van der Waals surface area contributed by atoms with Crippen molar-refractivity contribution in [2.45, 2.75) is 45.7 Å². The number of hydrogen-bond acceptors (Lipinski definition) is 4. The molecule has 0 aliphatic carbocycles. The van der Waals surface area contributed by atoms with Crippen LogP contribution in [0.2, 0.25) is 0 Å². The highest BCUT2D eigenvalue weighted by Gasteiger charge is 2.27. The first-order valence-corrected chi connectivity index (χ1v) is 11.5. The monoisotopic (exact) mass is 471 g/mol. The lowest BCUT2D eigenvalue weighted by atomic mass is 9.92. The molecule has 35 heavy (non-hydrogen) atoms. The summed E-state index contributed by atoms with van der Waals surface area (Å²) in [6, 6.07) is 18.0. The molecule has 7 heteroatoms. The van der Waals surface area contributed by atoms with Crippen molar-refractivity contribution in [2.24, 2.45) is 5.92 Å². The number of rotatable bonds is 9. The van der Waals surface area contributed by atoms with E-state index in [-0.39, 0.29) is 17.9 Å². The normalized spacial score (nSPS) is 12.5. The summed E-state index contributed by atoms with van der Waals surface area (Å²) < 4.78 is 1.38. The van der Waals surface area contributed by atoms with Crippen molar-refractivity contribution in [3.05, 3.63) is 93.9 Å². The molecule has 3 aromatic rings. The van der Waals surface area contributed by atoms with Crippen LogP contribution in [0.5, 0.6) is 0 Å². The van der Waals surface area contributed by atoms with Gasteiger partial charge in [-0.1, -0.05) is 50.2 Å². The van der Waals surface area contributed by atoms with Crippen molar-refractivity contribution in [1.82, 2.24) is 9.88 Å². The first-order valence-electron chi connectivity index (χ1n) is 11.5. The highest BCUT2D eigenvalue weighted by atomic mass is 16.4. The van der Waals surface area contributed by atoms with E-state index in [1.165, 1.54) is 10.6 Å². The van der Waals surface area contributed by atoms with E-state index in [4.69, 9.17) is 0 Å². The van der Waals surface area contributed by atoms with E-state index < -0.39 is 24.0 Å². The Bertz CT molecular complexity index is 1320. The van der Waals surface area contributed by atoms with E-state index in [0.717, 1.165) is 11.1 Å². The minimum absolute atomic E-state index is 0.123. The van der Waals surface area contributed by atoms with Crippen molar-refractivity contribution in [2.75, 3.05) is 0 Å². The molecule has 180 valence electrons. The first-order chi connectivity index (χ1) is 16.7. The number of pyridine rings is 1. The number of nitrogens with one attached hydrogen (secondary N) is 1. The fourth-order valence-corrected chi connectivity index (χ4v) is 4.16. The number of nitriles is 1. The Labute approximate surface area is 204 Å². The largest absolute Gasteiger partial charge is 0.481 e. The summed E-state index contributed by atoms with van der Waals surface area (Å²) in [7, 11) is 0. The van der Waals surface area contributed by atoms with Crippen LogP contribution in [0, 0.1) is 24.2 Å². The van der Waals surface area contributed by atoms with Crippen molar-refractivity contribution >= 4 is 11.9 Å². The second-order valence-electron chi connectivity index (χ2n) is 8.98. The molecule has 0 spiro atoms. The summed E-state index contributed by atoms with van der Waals surface area (Å²) in [6.07, 6.45) is 1.64. The van der Waals surface area contributed by atoms with Crippen molar-refractivity contribution < 1.29 is 14.7 Å². The number of aromatic nitrogens is 1. The van der Waals surface area contributed by atoms with Crippen molar-refractivity contribution in [3.63, 3.8) is 0 Å². The molecular formula is C28H29N3O4. The lowest BCUT2D eigenvalue weighted by Crippen LogP contribution is -2.39. The second-order valence-corrected chi connectivity index (χ2v) is 8.98. The van der Waals surface area contributed by atoms with E-state index in [1.54, 1.807) is 36.5 Å². The van der Waals surface area contributed by atoms with E-state index in [9.17, 15) is 24.8 Å². The van der Waals surface area contributed by atoms with Crippen LogP contribution in [-0.2, 0) is 9.59 Å². The third-order valence-corrected chi connectivity index (χ3v) is 5.88. The van der Waals surface area contributed by atoms with Gasteiger partial charge in [-0.25, -0.2) is 0 Å². The molecule has 1 amide bonds. The van der Waals surface area contributed by atoms with Gasteiger partial charge in [0.2, 0.25) is 5.91 Å². The summed E-state index contributed by atoms with van der Waals surface area (Å²) in [5.74, 6) is -1.38. The summed E-state index contributed by atoms with van der Waals surface area (Å²) in [4.78, 5) is 37.6. The van der Waals surface area contributed by atoms with E-state index >= 15 is 0 Å². The summed E-state index contributed by atoms with van der Waals surface area (Å²) in [6.45, 7) is 5.85. The molecule has 2 atom stereocenters. The molecule has 3 rings (SSSR count). The molecule has 0 saturated carbocycles. The molecule has 0 saturated heterocycles. The third kappa shape index (κ3) is 6.24. The average molecular weight is 472 g/mol. The summed E-state index contributed by atoms with van der Waals surface area (Å²) >= 11 is 0.